The lowest BCUT2D eigenvalue weighted by molar-refractivity contribution is 0.105. The summed E-state index contributed by atoms with van der Waals surface area (Å²) < 4.78 is 0. The van der Waals surface area contributed by atoms with E-state index in [9.17, 15) is 5.11 Å². The molecule has 0 spiro atoms. The number of phenols is 1. The number of piperazine rings is 1. The number of aromatic nitrogens is 4. The Morgan fingerprint density at radius 2 is 1.84 bits per heavy atom. The molecule has 9 heteroatoms. The normalized spacial score (nSPS) is 26.1. The third kappa shape index (κ3) is 4.68. The number of phenolic OH excluding ortho intramolecular Hbond substituents is 1. The first-order valence-electron chi connectivity index (χ1n) is 13.5. The predicted octanol–water partition coefficient (Wildman–Crippen LogP) is 3.22. The summed E-state index contributed by atoms with van der Waals surface area (Å²) in [6.45, 7) is 8.09. The van der Waals surface area contributed by atoms with Crippen LogP contribution in [-0.4, -0.2) is 64.5 Å². The van der Waals surface area contributed by atoms with Gasteiger partial charge in [0.15, 0.2) is 5.82 Å². The number of nitrogen functional groups attached to an aromatic ring is 1. The Balaban J connectivity index is 1.25. The lowest BCUT2D eigenvalue weighted by atomic mass is 9.57. The van der Waals surface area contributed by atoms with Crippen molar-refractivity contribution in [3.63, 3.8) is 0 Å². The van der Waals surface area contributed by atoms with Gasteiger partial charge in [-0.1, -0.05) is 19.1 Å². The van der Waals surface area contributed by atoms with Gasteiger partial charge in [0.1, 0.15) is 17.4 Å². The van der Waals surface area contributed by atoms with Crippen molar-refractivity contribution < 1.29 is 5.11 Å². The number of nitrogens with two attached hydrogens (primary N) is 1. The molecule has 4 fully saturated rings. The molecule has 5 heterocycles. The zero-order valence-electron chi connectivity index (χ0n) is 21.5. The van der Waals surface area contributed by atoms with Gasteiger partial charge in [-0.25, -0.2) is 9.97 Å². The van der Waals surface area contributed by atoms with Crippen molar-refractivity contribution >= 4 is 17.3 Å². The van der Waals surface area contributed by atoms with Gasteiger partial charge in [0.25, 0.3) is 0 Å². The summed E-state index contributed by atoms with van der Waals surface area (Å²) in [5.41, 5.74) is 8.59. The van der Waals surface area contributed by atoms with Gasteiger partial charge in [-0.3, -0.25) is 0 Å². The van der Waals surface area contributed by atoms with E-state index < -0.39 is 0 Å². The van der Waals surface area contributed by atoms with Crippen molar-refractivity contribution in [2.24, 2.45) is 11.8 Å². The summed E-state index contributed by atoms with van der Waals surface area (Å²) in [7, 11) is 0. The second-order valence-corrected chi connectivity index (χ2v) is 11.1. The first-order chi connectivity index (χ1) is 18.0. The van der Waals surface area contributed by atoms with Crippen molar-refractivity contribution in [3.05, 3.63) is 48.4 Å². The molecule has 3 aromatic rings. The van der Waals surface area contributed by atoms with Crippen LogP contribution in [0.3, 0.4) is 0 Å². The van der Waals surface area contributed by atoms with Crippen LogP contribution in [0.25, 0.3) is 11.3 Å². The topological polar surface area (TPSA) is 116 Å². The highest BCUT2D eigenvalue weighted by atomic mass is 16.3. The molecule has 9 nitrogen and oxygen atoms in total. The smallest absolute Gasteiger partial charge is 0.169 e. The van der Waals surface area contributed by atoms with Crippen LogP contribution in [0.4, 0.5) is 17.3 Å². The molecule has 1 saturated carbocycles. The van der Waals surface area contributed by atoms with Gasteiger partial charge in [-0.15, -0.1) is 10.2 Å². The summed E-state index contributed by atoms with van der Waals surface area (Å²) in [5, 5.41) is 22.3. The minimum atomic E-state index is 0.0488. The molecule has 1 aliphatic carbocycles. The van der Waals surface area contributed by atoms with E-state index in [2.05, 4.69) is 38.3 Å². The third-order valence-corrected chi connectivity index (χ3v) is 8.32. The molecular formula is C28H36N8O. The maximum Gasteiger partial charge on any atom is 0.169 e. The maximum absolute atomic E-state index is 10.3. The highest BCUT2D eigenvalue weighted by molar-refractivity contribution is 5.74. The highest BCUT2D eigenvalue weighted by Crippen LogP contribution is 2.53. The molecule has 4 N–H and O–H groups in total. The second kappa shape index (κ2) is 9.78. The third-order valence-electron chi connectivity index (χ3n) is 8.32. The molecule has 7 rings (SSSR count). The SMILES string of the molecule is C[C@@H]1CN(c2cc(-c3ccccc3O)nnc2N)CCC2CC(c3nccc(N4CCNCC4)n3)(C2)C1. The molecule has 3 saturated heterocycles. The Bertz CT molecular complexity index is 1250. The molecule has 0 radical (unpaired) electrons. The van der Waals surface area contributed by atoms with Crippen LogP contribution < -0.4 is 20.9 Å². The van der Waals surface area contributed by atoms with Gasteiger partial charge in [-0.2, -0.15) is 0 Å². The number of hydrogen-bond donors (Lipinski definition) is 3. The molecule has 3 aliphatic heterocycles. The van der Waals surface area contributed by atoms with Crippen LogP contribution in [-0.2, 0) is 5.41 Å². The van der Waals surface area contributed by atoms with E-state index in [4.69, 9.17) is 15.7 Å². The van der Waals surface area contributed by atoms with Crippen LogP contribution in [0.5, 0.6) is 5.75 Å². The van der Waals surface area contributed by atoms with Crippen molar-refractivity contribution in [1.29, 1.82) is 0 Å². The van der Waals surface area contributed by atoms with Gasteiger partial charge < -0.3 is 26.0 Å². The number of hydrogen-bond acceptors (Lipinski definition) is 9. The molecule has 4 aliphatic rings. The average Bonchev–Trinajstić information content (AvgIpc) is 3.02. The number of nitrogens with zero attached hydrogens (tertiary/aromatic N) is 6. The minimum absolute atomic E-state index is 0.0488. The monoisotopic (exact) mass is 500 g/mol. The summed E-state index contributed by atoms with van der Waals surface area (Å²) >= 11 is 0. The number of aromatic hydroxyl groups is 1. The van der Waals surface area contributed by atoms with E-state index in [1.54, 1.807) is 12.1 Å². The van der Waals surface area contributed by atoms with Gasteiger partial charge >= 0.3 is 0 Å². The number of para-hydroxylation sites is 1. The van der Waals surface area contributed by atoms with E-state index in [1.165, 1.54) is 0 Å². The Labute approximate surface area is 218 Å². The van der Waals surface area contributed by atoms with Crippen LogP contribution >= 0.6 is 0 Å². The molecule has 2 bridgehead atoms. The van der Waals surface area contributed by atoms with Crippen LogP contribution in [0, 0.1) is 11.8 Å². The Kier molecular flexibility index (Phi) is 6.32. The molecular weight excluding hydrogens is 464 g/mol. The average molecular weight is 501 g/mol. The largest absolute Gasteiger partial charge is 0.507 e. The van der Waals surface area contributed by atoms with Crippen molar-refractivity contribution in [2.75, 3.05) is 54.8 Å². The quantitative estimate of drug-likeness (QED) is 0.496. The molecule has 194 valence electrons. The fraction of sp³-hybridized carbons (Fsp3) is 0.500. The first kappa shape index (κ1) is 23.9. The molecule has 2 aromatic heterocycles. The van der Waals surface area contributed by atoms with E-state index in [0.29, 0.717) is 28.9 Å². The number of rotatable bonds is 4. The van der Waals surface area contributed by atoms with Crippen molar-refractivity contribution in [1.82, 2.24) is 25.5 Å². The summed E-state index contributed by atoms with van der Waals surface area (Å²) in [4.78, 5) is 14.7. The lowest BCUT2D eigenvalue weighted by Crippen LogP contribution is -2.46. The second-order valence-electron chi connectivity index (χ2n) is 11.1. The Hall–Kier alpha value is -3.46. The van der Waals surface area contributed by atoms with Crippen LogP contribution in [0.1, 0.15) is 38.4 Å². The van der Waals surface area contributed by atoms with E-state index in [1.807, 2.05) is 24.4 Å². The van der Waals surface area contributed by atoms with Crippen LogP contribution in [0.15, 0.2) is 42.6 Å². The standard InChI is InChI=1S/C28H36N8O/c1-19-15-28(27-31-8-6-25(32-27)35-12-9-30-10-13-35)16-20(17-28)7-11-36(18-19)23-14-22(33-34-26(23)29)21-4-2-3-5-24(21)37/h2-6,8,14,19-20,30,37H,7,9-13,15-18H2,1H3,(H2,29,34)/t19-,20?,28?/m0/s1. The van der Waals surface area contributed by atoms with Gasteiger partial charge in [0, 0.05) is 56.4 Å². The van der Waals surface area contributed by atoms with Crippen LogP contribution in [0.2, 0.25) is 0 Å². The van der Waals surface area contributed by atoms with Gasteiger partial charge in [-0.05, 0) is 61.8 Å². The minimum Gasteiger partial charge on any atom is -0.507 e. The first-order valence-corrected chi connectivity index (χ1v) is 13.5. The van der Waals surface area contributed by atoms with Gasteiger partial charge in [0.05, 0.1) is 11.4 Å². The predicted molar refractivity (Wildman–Crippen MR) is 146 cm³/mol. The Morgan fingerprint density at radius 3 is 2.65 bits per heavy atom. The molecule has 0 unspecified atom stereocenters. The lowest BCUT2D eigenvalue weighted by Gasteiger charge is -2.47. The van der Waals surface area contributed by atoms with Gasteiger partial charge in [0.2, 0.25) is 0 Å². The summed E-state index contributed by atoms with van der Waals surface area (Å²) in [6.07, 6.45) is 6.39. The molecule has 0 amide bonds. The van der Waals surface area contributed by atoms with E-state index >= 15 is 0 Å². The zero-order valence-corrected chi connectivity index (χ0v) is 21.5. The summed E-state index contributed by atoms with van der Waals surface area (Å²) in [5.74, 6) is 3.77. The van der Waals surface area contributed by atoms with Crippen molar-refractivity contribution in [3.8, 4) is 17.0 Å². The van der Waals surface area contributed by atoms with E-state index in [-0.39, 0.29) is 11.2 Å². The number of nitrogens with one attached hydrogen (secondary N) is 1. The zero-order chi connectivity index (χ0) is 25.4. The highest BCUT2D eigenvalue weighted by Gasteiger charge is 2.49. The molecule has 1 aromatic carbocycles. The molecule has 1 atom stereocenters. The van der Waals surface area contributed by atoms with E-state index in [0.717, 1.165) is 82.3 Å². The fourth-order valence-electron chi connectivity index (χ4n) is 6.59. The Morgan fingerprint density at radius 1 is 1.03 bits per heavy atom. The number of fused-ring (bicyclic) bond motifs is 5. The summed E-state index contributed by atoms with van der Waals surface area (Å²) in [6, 6.07) is 11.3. The molecule has 37 heavy (non-hydrogen) atoms. The fourth-order valence-corrected chi connectivity index (χ4v) is 6.59. The van der Waals surface area contributed by atoms with Crippen molar-refractivity contribution in [2.45, 2.75) is 38.0 Å². The number of benzene rings is 1. The maximum atomic E-state index is 10.3. The number of anilines is 3.